The molecule has 4 heteroatoms. The predicted molar refractivity (Wildman–Crippen MR) is 106 cm³/mol. The van der Waals surface area contributed by atoms with E-state index in [4.69, 9.17) is 0 Å². The number of allylic oxidation sites excluding steroid dienone is 4. The lowest BCUT2D eigenvalue weighted by Gasteiger charge is -2.16. The van der Waals surface area contributed by atoms with Crippen LogP contribution in [0.2, 0.25) is 0 Å². The molecule has 0 unspecified atom stereocenters. The van der Waals surface area contributed by atoms with Gasteiger partial charge in [0.05, 0.1) is 11.9 Å². The molecule has 0 saturated heterocycles. The normalized spacial score (nSPS) is 12.8. The monoisotopic (exact) mass is 354 g/mol. The Balaban J connectivity index is 2.24. The number of benzene rings is 1. The first-order valence-corrected chi connectivity index (χ1v) is 8.43. The molecule has 0 aliphatic carbocycles. The summed E-state index contributed by atoms with van der Waals surface area (Å²) in [6.07, 6.45) is 4.84. The van der Waals surface area contributed by atoms with Crippen LogP contribution < -0.4 is 5.32 Å². The number of halogens is 2. The minimum absolute atomic E-state index is 0.0235. The van der Waals surface area contributed by atoms with Crippen LogP contribution in [0.3, 0.4) is 0 Å². The van der Waals surface area contributed by atoms with Crippen LogP contribution >= 0.6 is 0 Å². The average molecular weight is 354 g/mol. The maximum atomic E-state index is 13.8. The zero-order chi connectivity index (χ0) is 19.3. The summed E-state index contributed by atoms with van der Waals surface area (Å²) in [5, 5.41) is 3.20. The maximum Gasteiger partial charge on any atom is 0.270 e. The fourth-order valence-electron chi connectivity index (χ4n) is 2.63. The number of rotatable bonds is 6. The van der Waals surface area contributed by atoms with Crippen LogP contribution in [0, 0.1) is 6.92 Å². The third-order valence-corrected chi connectivity index (χ3v) is 4.08. The van der Waals surface area contributed by atoms with Crippen LogP contribution in [-0.4, -0.2) is 10.9 Å². The number of aromatic nitrogens is 1. The van der Waals surface area contributed by atoms with Gasteiger partial charge < -0.3 is 5.32 Å². The molecule has 0 bridgehead atoms. The lowest BCUT2D eigenvalue weighted by atomic mass is 9.96. The van der Waals surface area contributed by atoms with E-state index in [0.29, 0.717) is 5.57 Å². The Morgan fingerprint density at radius 1 is 1.12 bits per heavy atom. The van der Waals surface area contributed by atoms with Gasteiger partial charge in [-0.3, -0.25) is 4.98 Å². The summed E-state index contributed by atoms with van der Waals surface area (Å²) in [7, 11) is 0. The van der Waals surface area contributed by atoms with Crippen molar-refractivity contribution in [1.29, 1.82) is 0 Å². The van der Waals surface area contributed by atoms with Crippen LogP contribution in [0.5, 0.6) is 0 Å². The number of alkyl halides is 2. The Morgan fingerprint density at radius 2 is 1.73 bits per heavy atom. The van der Waals surface area contributed by atoms with Crippen LogP contribution in [-0.2, 0) is 0 Å². The van der Waals surface area contributed by atoms with Gasteiger partial charge in [0.25, 0.3) is 5.92 Å². The molecular formula is C22H24F2N2. The number of aryl methyl sites for hydroxylation is 1. The summed E-state index contributed by atoms with van der Waals surface area (Å²) < 4.78 is 27.7. The Bertz CT molecular complexity index is 824. The molecule has 0 aliphatic heterocycles. The molecule has 0 aliphatic rings. The molecule has 0 fully saturated rings. The van der Waals surface area contributed by atoms with Crippen molar-refractivity contribution >= 4 is 17.0 Å². The molecule has 1 N–H and O–H groups in total. The molecule has 0 spiro atoms. The Morgan fingerprint density at radius 3 is 2.23 bits per heavy atom. The summed E-state index contributed by atoms with van der Waals surface area (Å²) in [4.78, 5) is 4.24. The van der Waals surface area contributed by atoms with E-state index in [1.165, 1.54) is 6.08 Å². The number of anilines is 1. The number of nitrogens with one attached hydrogen (secondary N) is 1. The largest absolute Gasteiger partial charge is 0.354 e. The lowest BCUT2D eigenvalue weighted by Crippen LogP contribution is -2.13. The van der Waals surface area contributed by atoms with Gasteiger partial charge in [0, 0.05) is 23.9 Å². The van der Waals surface area contributed by atoms with Crippen molar-refractivity contribution in [2.45, 2.75) is 33.6 Å². The third kappa shape index (κ3) is 4.88. The first-order valence-electron chi connectivity index (χ1n) is 8.43. The van der Waals surface area contributed by atoms with E-state index < -0.39 is 5.92 Å². The average Bonchev–Trinajstić information content (AvgIpc) is 2.60. The fourth-order valence-corrected chi connectivity index (χ4v) is 2.63. The SMILES string of the molecule is C=C(Nc1ccc(C)nc1)c1ccc(/C(C)=C(/C=C\C)C(C)(F)F)cc1. The van der Waals surface area contributed by atoms with Gasteiger partial charge in [0.1, 0.15) is 0 Å². The highest BCUT2D eigenvalue weighted by Crippen LogP contribution is 2.32. The minimum atomic E-state index is -2.89. The van der Waals surface area contributed by atoms with E-state index in [9.17, 15) is 8.78 Å². The third-order valence-electron chi connectivity index (χ3n) is 4.08. The molecule has 2 rings (SSSR count). The highest BCUT2D eigenvalue weighted by molar-refractivity contribution is 5.77. The van der Waals surface area contributed by atoms with Crippen molar-refractivity contribution in [3.63, 3.8) is 0 Å². The molecule has 0 saturated carbocycles. The van der Waals surface area contributed by atoms with Gasteiger partial charge >= 0.3 is 0 Å². The van der Waals surface area contributed by atoms with Crippen LogP contribution in [0.15, 0.2) is 66.9 Å². The summed E-state index contributed by atoms with van der Waals surface area (Å²) in [5.41, 5.74) is 4.74. The van der Waals surface area contributed by atoms with Crippen molar-refractivity contribution in [3.8, 4) is 0 Å². The smallest absolute Gasteiger partial charge is 0.270 e. The molecule has 1 aromatic carbocycles. The second-order valence-electron chi connectivity index (χ2n) is 6.30. The van der Waals surface area contributed by atoms with Gasteiger partial charge in [-0.05, 0) is 49.6 Å². The standard InChI is InChI=1S/C22H24F2N2/c1-6-7-21(22(5,23)24)16(3)18-9-11-19(12-10-18)17(4)26-20-13-8-15(2)25-14-20/h6-14,26H,4H2,1-3,5H3/b7-6-,21-16-. The molecular weight excluding hydrogens is 330 g/mol. The number of hydrogen-bond acceptors (Lipinski definition) is 2. The van der Waals surface area contributed by atoms with E-state index >= 15 is 0 Å². The fraction of sp³-hybridized carbons (Fsp3) is 0.227. The molecule has 2 nitrogen and oxygen atoms in total. The molecule has 136 valence electrons. The van der Waals surface area contributed by atoms with Gasteiger partial charge in [-0.1, -0.05) is 43.0 Å². The lowest BCUT2D eigenvalue weighted by molar-refractivity contribution is 0.0681. The van der Waals surface area contributed by atoms with E-state index in [1.54, 1.807) is 26.1 Å². The quantitative estimate of drug-likeness (QED) is 0.601. The minimum Gasteiger partial charge on any atom is -0.354 e. The highest BCUT2D eigenvalue weighted by Gasteiger charge is 2.27. The highest BCUT2D eigenvalue weighted by atomic mass is 19.3. The first kappa shape index (κ1) is 19.6. The van der Waals surface area contributed by atoms with Gasteiger partial charge in [-0.2, -0.15) is 0 Å². The van der Waals surface area contributed by atoms with Gasteiger partial charge in [0.15, 0.2) is 0 Å². The molecule has 2 aromatic rings. The summed E-state index contributed by atoms with van der Waals surface area (Å²) in [6.45, 7) is 10.3. The van der Waals surface area contributed by atoms with Crippen LogP contribution in [0.25, 0.3) is 11.3 Å². The second-order valence-corrected chi connectivity index (χ2v) is 6.30. The number of nitrogens with zero attached hydrogens (tertiary/aromatic N) is 1. The molecule has 26 heavy (non-hydrogen) atoms. The zero-order valence-corrected chi connectivity index (χ0v) is 15.6. The van der Waals surface area contributed by atoms with E-state index in [1.807, 2.05) is 43.3 Å². The Hall–Kier alpha value is -2.75. The van der Waals surface area contributed by atoms with Crippen molar-refractivity contribution in [2.24, 2.45) is 0 Å². The van der Waals surface area contributed by atoms with E-state index in [-0.39, 0.29) is 5.57 Å². The summed E-state index contributed by atoms with van der Waals surface area (Å²) in [5.74, 6) is -2.89. The Kier molecular flexibility index (Phi) is 6.09. The summed E-state index contributed by atoms with van der Waals surface area (Å²) in [6, 6.07) is 11.3. The predicted octanol–water partition coefficient (Wildman–Crippen LogP) is 6.48. The molecule has 0 atom stereocenters. The van der Waals surface area contributed by atoms with E-state index in [2.05, 4.69) is 16.9 Å². The van der Waals surface area contributed by atoms with Crippen molar-refractivity contribution in [2.75, 3.05) is 5.32 Å². The van der Waals surface area contributed by atoms with Gasteiger partial charge in [-0.15, -0.1) is 0 Å². The van der Waals surface area contributed by atoms with Crippen LogP contribution in [0.4, 0.5) is 14.5 Å². The van der Waals surface area contributed by atoms with E-state index in [0.717, 1.165) is 35.1 Å². The molecule has 0 radical (unpaired) electrons. The van der Waals surface area contributed by atoms with Crippen LogP contribution in [0.1, 0.15) is 37.6 Å². The Labute approximate surface area is 154 Å². The molecule has 1 heterocycles. The summed E-state index contributed by atoms with van der Waals surface area (Å²) >= 11 is 0. The van der Waals surface area contributed by atoms with Crippen molar-refractivity contribution in [1.82, 2.24) is 4.98 Å². The first-order chi connectivity index (χ1) is 12.2. The maximum absolute atomic E-state index is 13.8. The van der Waals surface area contributed by atoms with Gasteiger partial charge in [0.2, 0.25) is 0 Å². The topological polar surface area (TPSA) is 24.9 Å². The van der Waals surface area contributed by atoms with Crippen molar-refractivity contribution in [3.05, 3.63) is 83.7 Å². The number of pyridine rings is 1. The molecule has 1 aromatic heterocycles. The molecule has 0 amide bonds. The number of hydrogen-bond donors (Lipinski definition) is 1. The second kappa shape index (κ2) is 8.09. The van der Waals surface area contributed by atoms with Gasteiger partial charge in [-0.25, -0.2) is 8.78 Å². The zero-order valence-electron chi connectivity index (χ0n) is 15.6. The van der Waals surface area contributed by atoms with Crippen molar-refractivity contribution < 1.29 is 8.78 Å².